The quantitative estimate of drug-likeness (QED) is 0.886. The van der Waals surface area contributed by atoms with Gasteiger partial charge in [-0.3, -0.25) is 4.98 Å². The largest absolute Gasteiger partial charge is 0.355 e. The molecule has 2 aromatic rings. The van der Waals surface area contributed by atoms with E-state index >= 15 is 0 Å². The van der Waals surface area contributed by atoms with Crippen molar-refractivity contribution in [3.8, 4) is 0 Å². The van der Waals surface area contributed by atoms with Crippen LogP contribution < -0.4 is 10.6 Å². The molecule has 0 aromatic carbocycles. The maximum atomic E-state index is 6.01. The van der Waals surface area contributed by atoms with Crippen LogP contribution in [0, 0.1) is 6.92 Å². The van der Waals surface area contributed by atoms with Gasteiger partial charge >= 0.3 is 0 Å². The van der Waals surface area contributed by atoms with Crippen LogP contribution in [0.25, 0.3) is 0 Å². The topological polar surface area (TPSA) is 55.0 Å². The molecule has 2 aromatic heterocycles. The van der Waals surface area contributed by atoms with Crippen LogP contribution in [0.1, 0.15) is 30.0 Å². The highest BCUT2D eigenvalue weighted by Crippen LogP contribution is 2.19. The molecule has 0 amide bonds. The van der Waals surface area contributed by atoms with Gasteiger partial charge in [-0.2, -0.15) is 0 Å². The van der Waals surface area contributed by atoms with E-state index in [0.717, 1.165) is 25.2 Å². The second kappa shape index (κ2) is 7.18. The number of hydrogen-bond acceptors (Lipinski definition) is 4. The van der Waals surface area contributed by atoms with E-state index in [-0.39, 0.29) is 6.04 Å². The summed E-state index contributed by atoms with van der Waals surface area (Å²) < 4.78 is 0. The molecule has 2 rings (SSSR count). The van der Waals surface area contributed by atoms with Gasteiger partial charge in [0, 0.05) is 38.2 Å². The number of pyridine rings is 2. The van der Waals surface area contributed by atoms with Crippen molar-refractivity contribution in [1.82, 2.24) is 9.97 Å². The monoisotopic (exact) mass is 284 g/mol. The Labute approximate surface area is 127 Å². The molecule has 112 valence electrons. The third kappa shape index (κ3) is 4.26. The number of hydrogen-bond donors (Lipinski definition) is 1. The van der Waals surface area contributed by atoms with Gasteiger partial charge in [-0.1, -0.05) is 13.0 Å². The predicted molar refractivity (Wildman–Crippen MR) is 87.3 cm³/mol. The lowest BCUT2D eigenvalue weighted by Crippen LogP contribution is -2.22. The molecule has 4 heteroatoms. The normalized spacial score (nSPS) is 12.2. The summed E-state index contributed by atoms with van der Waals surface area (Å²) in [6.45, 7) is 5.04. The van der Waals surface area contributed by atoms with Gasteiger partial charge in [0.15, 0.2) is 0 Å². The Morgan fingerprint density at radius 2 is 1.95 bits per heavy atom. The first kappa shape index (κ1) is 15.4. The molecular formula is C17H24N4. The SMILES string of the molecule is CCC(N)Cc1cnc(N(C)Cc2ccncc2)c(C)c1. The molecule has 21 heavy (non-hydrogen) atoms. The number of nitrogens with zero attached hydrogens (tertiary/aromatic N) is 3. The van der Waals surface area contributed by atoms with Crippen molar-refractivity contribution in [3.05, 3.63) is 53.5 Å². The molecule has 0 fully saturated rings. The summed E-state index contributed by atoms with van der Waals surface area (Å²) in [4.78, 5) is 10.8. The second-order valence-corrected chi connectivity index (χ2v) is 5.57. The van der Waals surface area contributed by atoms with Crippen LogP contribution in [0.15, 0.2) is 36.8 Å². The van der Waals surface area contributed by atoms with Crippen molar-refractivity contribution >= 4 is 5.82 Å². The summed E-state index contributed by atoms with van der Waals surface area (Å²) in [7, 11) is 2.06. The first-order chi connectivity index (χ1) is 10.1. The van der Waals surface area contributed by atoms with Crippen LogP contribution in [0.4, 0.5) is 5.82 Å². The fourth-order valence-corrected chi connectivity index (χ4v) is 2.42. The van der Waals surface area contributed by atoms with E-state index < -0.39 is 0 Å². The number of aryl methyl sites for hydroxylation is 1. The smallest absolute Gasteiger partial charge is 0.131 e. The van der Waals surface area contributed by atoms with Gasteiger partial charge < -0.3 is 10.6 Å². The van der Waals surface area contributed by atoms with Gasteiger partial charge in [0.05, 0.1) is 0 Å². The van der Waals surface area contributed by atoms with E-state index in [4.69, 9.17) is 5.73 Å². The summed E-state index contributed by atoms with van der Waals surface area (Å²) in [6.07, 6.45) is 7.46. The molecule has 0 aliphatic heterocycles. The third-order valence-electron chi connectivity index (χ3n) is 3.66. The van der Waals surface area contributed by atoms with Crippen molar-refractivity contribution in [1.29, 1.82) is 0 Å². The highest BCUT2D eigenvalue weighted by atomic mass is 15.2. The Hall–Kier alpha value is -1.94. The molecule has 2 heterocycles. The second-order valence-electron chi connectivity index (χ2n) is 5.57. The van der Waals surface area contributed by atoms with Crippen LogP contribution in [-0.4, -0.2) is 23.1 Å². The van der Waals surface area contributed by atoms with Crippen molar-refractivity contribution in [3.63, 3.8) is 0 Å². The lowest BCUT2D eigenvalue weighted by Gasteiger charge is -2.21. The summed E-state index contributed by atoms with van der Waals surface area (Å²) >= 11 is 0. The summed E-state index contributed by atoms with van der Waals surface area (Å²) in [5.74, 6) is 1.01. The first-order valence-corrected chi connectivity index (χ1v) is 7.41. The maximum absolute atomic E-state index is 6.01. The van der Waals surface area contributed by atoms with Gasteiger partial charge in [-0.25, -0.2) is 4.98 Å². The van der Waals surface area contributed by atoms with E-state index in [2.05, 4.69) is 41.8 Å². The summed E-state index contributed by atoms with van der Waals surface area (Å²) in [5, 5.41) is 0. The molecule has 0 saturated heterocycles. The number of anilines is 1. The Morgan fingerprint density at radius 1 is 1.24 bits per heavy atom. The zero-order chi connectivity index (χ0) is 15.2. The highest BCUT2D eigenvalue weighted by molar-refractivity contribution is 5.47. The standard InChI is InChI=1S/C17H24N4/c1-4-16(18)10-15-9-13(2)17(20-11-15)21(3)12-14-5-7-19-8-6-14/h5-9,11,16H,4,10,12,18H2,1-3H3. The van der Waals surface area contributed by atoms with Gasteiger partial charge in [-0.15, -0.1) is 0 Å². The molecule has 0 saturated carbocycles. The molecule has 0 aliphatic rings. The average molecular weight is 284 g/mol. The maximum Gasteiger partial charge on any atom is 0.131 e. The molecule has 1 unspecified atom stereocenters. The molecule has 2 N–H and O–H groups in total. The Kier molecular flexibility index (Phi) is 5.28. The molecule has 0 aliphatic carbocycles. The van der Waals surface area contributed by atoms with Crippen molar-refractivity contribution in [2.75, 3.05) is 11.9 Å². The van der Waals surface area contributed by atoms with E-state index in [0.29, 0.717) is 0 Å². The zero-order valence-electron chi connectivity index (χ0n) is 13.1. The Bertz CT molecular complexity index is 568. The minimum atomic E-state index is 0.214. The molecule has 0 bridgehead atoms. The van der Waals surface area contributed by atoms with Crippen LogP contribution in [0.3, 0.4) is 0 Å². The van der Waals surface area contributed by atoms with Crippen LogP contribution in [0.2, 0.25) is 0 Å². The molecular weight excluding hydrogens is 260 g/mol. The number of nitrogens with two attached hydrogens (primary N) is 1. The van der Waals surface area contributed by atoms with Crippen molar-refractivity contribution in [2.45, 2.75) is 39.3 Å². The number of aromatic nitrogens is 2. The van der Waals surface area contributed by atoms with Gasteiger partial charge in [0.1, 0.15) is 5.82 Å². The predicted octanol–water partition coefficient (Wildman–Crippen LogP) is 2.70. The van der Waals surface area contributed by atoms with Gasteiger partial charge in [0.25, 0.3) is 0 Å². The van der Waals surface area contributed by atoms with E-state index in [1.807, 2.05) is 30.7 Å². The molecule has 0 radical (unpaired) electrons. The van der Waals surface area contributed by atoms with E-state index in [1.54, 1.807) is 0 Å². The fourth-order valence-electron chi connectivity index (χ4n) is 2.42. The van der Waals surface area contributed by atoms with Crippen LogP contribution in [-0.2, 0) is 13.0 Å². The molecule has 4 nitrogen and oxygen atoms in total. The lowest BCUT2D eigenvalue weighted by atomic mass is 10.0. The van der Waals surface area contributed by atoms with E-state index in [9.17, 15) is 0 Å². The fraction of sp³-hybridized carbons (Fsp3) is 0.412. The summed E-state index contributed by atoms with van der Waals surface area (Å²) in [5.41, 5.74) is 9.64. The van der Waals surface area contributed by atoms with Gasteiger partial charge in [0.2, 0.25) is 0 Å². The molecule has 0 spiro atoms. The Balaban J connectivity index is 2.09. The zero-order valence-corrected chi connectivity index (χ0v) is 13.1. The first-order valence-electron chi connectivity index (χ1n) is 7.41. The summed E-state index contributed by atoms with van der Waals surface area (Å²) in [6, 6.07) is 6.47. The van der Waals surface area contributed by atoms with Crippen molar-refractivity contribution < 1.29 is 0 Å². The minimum absolute atomic E-state index is 0.214. The Morgan fingerprint density at radius 3 is 2.57 bits per heavy atom. The van der Waals surface area contributed by atoms with E-state index in [1.165, 1.54) is 16.7 Å². The van der Waals surface area contributed by atoms with Crippen LogP contribution in [0.5, 0.6) is 0 Å². The minimum Gasteiger partial charge on any atom is -0.355 e. The van der Waals surface area contributed by atoms with Gasteiger partial charge in [-0.05, 0) is 48.6 Å². The average Bonchev–Trinajstić information content (AvgIpc) is 2.48. The lowest BCUT2D eigenvalue weighted by molar-refractivity contribution is 0.644. The van der Waals surface area contributed by atoms with Crippen LogP contribution >= 0.6 is 0 Å². The van der Waals surface area contributed by atoms with Crippen molar-refractivity contribution in [2.24, 2.45) is 5.73 Å². The molecule has 1 atom stereocenters. The highest BCUT2D eigenvalue weighted by Gasteiger charge is 2.09. The number of rotatable bonds is 6. The third-order valence-corrected chi connectivity index (χ3v) is 3.66.